The molecule has 1 saturated heterocycles. The van der Waals surface area contributed by atoms with Crippen molar-refractivity contribution < 1.29 is 4.79 Å². The number of hydrogen-bond acceptors (Lipinski definition) is 3. The second kappa shape index (κ2) is 9.77. The Morgan fingerprint density at radius 2 is 1.76 bits per heavy atom. The average Bonchev–Trinajstić information content (AvgIpc) is 2.60. The van der Waals surface area contributed by atoms with Crippen LogP contribution in [0, 0.1) is 0 Å². The van der Waals surface area contributed by atoms with Crippen LogP contribution in [0.25, 0.3) is 0 Å². The lowest BCUT2D eigenvalue weighted by molar-refractivity contribution is -0.135. The van der Waals surface area contributed by atoms with E-state index in [1.165, 1.54) is 11.1 Å². The summed E-state index contributed by atoms with van der Waals surface area (Å²) in [7, 11) is 1.99. The van der Waals surface area contributed by atoms with Gasteiger partial charge < -0.3 is 15.1 Å². The lowest BCUT2D eigenvalue weighted by atomic mass is 9.94. The zero-order chi connectivity index (χ0) is 16.4. The monoisotopic (exact) mass is 387 g/mol. The molecule has 142 valence electrons. The normalized spacial score (nSPS) is 21.0. The molecule has 3 rings (SSSR count). The van der Waals surface area contributed by atoms with E-state index in [0.29, 0.717) is 12.1 Å². The molecule has 1 atom stereocenters. The molecule has 1 N–H and O–H groups in total. The highest BCUT2D eigenvalue weighted by Gasteiger charge is 2.31. The third kappa shape index (κ3) is 5.10. The summed E-state index contributed by atoms with van der Waals surface area (Å²) in [5.74, 6) is 0.252. The van der Waals surface area contributed by atoms with Crippen molar-refractivity contribution in [1.82, 2.24) is 15.1 Å². The molecule has 0 saturated carbocycles. The Labute approximate surface area is 164 Å². The fourth-order valence-corrected chi connectivity index (χ4v) is 3.84. The van der Waals surface area contributed by atoms with Crippen LogP contribution in [-0.4, -0.2) is 54.0 Å². The molecular formula is C19H31Cl2N3O. The smallest absolute Gasteiger partial charge is 0.240 e. The van der Waals surface area contributed by atoms with Crippen molar-refractivity contribution in [1.29, 1.82) is 0 Å². The fraction of sp³-hybridized carbons (Fsp3) is 0.632. The number of likely N-dealkylation sites (tertiary alicyclic amines) is 1. The average molecular weight is 388 g/mol. The lowest BCUT2D eigenvalue weighted by Gasteiger charge is -2.40. The molecule has 2 aliphatic rings. The molecule has 0 radical (unpaired) electrons. The van der Waals surface area contributed by atoms with Gasteiger partial charge in [-0.15, -0.1) is 24.8 Å². The maximum atomic E-state index is 12.9. The van der Waals surface area contributed by atoms with Gasteiger partial charge in [-0.2, -0.15) is 0 Å². The topological polar surface area (TPSA) is 35.6 Å². The number of fused-ring (bicyclic) bond motifs is 1. The summed E-state index contributed by atoms with van der Waals surface area (Å²) in [6.07, 6.45) is 2.98. The summed E-state index contributed by atoms with van der Waals surface area (Å²) in [5, 5.41) is 3.42. The molecule has 1 unspecified atom stereocenters. The molecule has 0 aliphatic carbocycles. The van der Waals surface area contributed by atoms with Crippen molar-refractivity contribution in [3.8, 4) is 0 Å². The number of carbonyl (C=O) groups excluding carboxylic acids is 1. The highest BCUT2D eigenvalue weighted by molar-refractivity contribution is 5.85. The number of hydrogen-bond donors (Lipinski definition) is 1. The highest BCUT2D eigenvalue weighted by atomic mass is 35.5. The van der Waals surface area contributed by atoms with Crippen molar-refractivity contribution >= 4 is 30.7 Å². The van der Waals surface area contributed by atoms with E-state index >= 15 is 0 Å². The van der Waals surface area contributed by atoms with Crippen molar-refractivity contribution in [3.05, 3.63) is 35.4 Å². The summed E-state index contributed by atoms with van der Waals surface area (Å²) in [5.41, 5.74) is 2.64. The van der Waals surface area contributed by atoms with Crippen LogP contribution in [0.3, 0.4) is 0 Å². The molecule has 1 aromatic carbocycles. The van der Waals surface area contributed by atoms with Gasteiger partial charge >= 0.3 is 0 Å². The predicted molar refractivity (Wildman–Crippen MR) is 108 cm³/mol. The Bertz CT molecular complexity index is 559. The molecule has 2 aliphatic heterocycles. The van der Waals surface area contributed by atoms with Gasteiger partial charge in [0.25, 0.3) is 0 Å². The largest absolute Gasteiger partial charge is 0.341 e. The van der Waals surface area contributed by atoms with Gasteiger partial charge in [-0.3, -0.25) is 4.79 Å². The van der Waals surface area contributed by atoms with E-state index in [-0.39, 0.29) is 36.8 Å². The zero-order valence-corrected chi connectivity index (χ0v) is 17.0. The number of rotatable bonds is 3. The van der Waals surface area contributed by atoms with Crippen molar-refractivity contribution in [2.75, 3.05) is 20.1 Å². The molecule has 0 spiro atoms. The minimum absolute atomic E-state index is 0. The van der Waals surface area contributed by atoms with Crippen molar-refractivity contribution in [3.63, 3.8) is 0 Å². The maximum absolute atomic E-state index is 12.9. The molecule has 4 nitrogen and oxygen atoms in total. The first kappa shape index (κ1) is 22.2. The number of likely N-dealkylation sites (N-methyl/N-ethyl adjacent to an activating group) is 1. The number of halogens is 2. The van der Waals surface area contributed by atoms with Gasteiger partial charge in [-0.25, -0.2) is 0 Å². The fourth-order valence-electron chi connectivity index (χ4n) is 3.84. The van der Waals surface area contributed by atoms with Gasteiger partial charge in [0.15, 0.2) is 0 Å². The van der Waals surface area contributed by atoms with E-state index in [1.54, 1.807) is 0 Å². The minimum Gasteiger partial charge on any atom is -0.341 e. The number of nitrogens with zero attached hydrogens (tertiary/aromatic N) is 2. The van der Waals surface area contributed by atoms with Gasteiger partial charge in [-0.1, -0.05) is 24.3 Å². The van der Waals surface area contributed by atoms with E-state index < -0.39 is 0 Å². The zero-order valence-electron chi connectivity index (χ0n) is 15.4. The van der Waals surface area contributed by atoms with Crippen molar-refractivity contribution in [2.24, 2.45) is 0 Å². The van der Waals surface area contributed by atoms with E-state index in [1.807, 2.05) is 11.9 Å². The van der Waals surface area contributed by atoms with Gasteiger partial charge in [0, 0.05) is 38.8 Å². The second-order valence-corrected chi connectivity index (χ2v) is 7.22. The molecule has 25 heavy (non-hydrogen) atoms. The number of nitrogens with one attached hydrogen (secondary N) is 1. The molecular weight excluding hydrogens is 357 g/mol. The van der Waals surface area contributed by atoms with Gasteiger partial charge in [0.05, 0.1) is 6.04 Å². The number of benzene rings is 1. The van der Waals surface area contributed by atoms with Crippen LogP contribution in [0.15, 0.2) is 24.3 Å². The Hall–Kier alpha value is -0.810. The van der Waals surface area contributed by atoms with Gasteiger partial charge in [-0.05, 0) is 44.2 Å². The molecule has 0 bridgehead atoms. The Kier molecular flexibility index (Phi) is 8.69. The number of carbonyl (C=O) groups is 1. The molecule has 1 aromatic rings. The van der Waals surface area contributed by atoms with Gasteiger partial charge in [0.1, 0.15) is 0 Å². The first-order chi connectivity index (χ1) is 11.1. The van der Waals surface area contributed by atoms with E-state index in [2.05, 4.69) is 48.3 Å². The van der Waals surface area contributed by atoms with Crippen LogP contribution in [0.4, 0.5) is 0 Å². The van der Waals surface area contributed by atoms with Crippen LogP contribution in [0.2, 0.25) is 0 Å². The van der Waals surface area contributed by atoms with Crippen LogP contribution in [-0.2, 0) is 17.8 Å². The maximum Gasteiger partial charge on any atom is 0.240 e. The summed E-state index contributed by atoms with van der Waals surface area (Å²) >= 11 is 0. The molecule has 6 heteroatoms. The standard InChI is InChI=1S/C19H29N3O.2ClH/c1-14(2)22-10-8-17(9-11-22)21(3)19(23)18-12-15-6-4-5-7-16(15)13-20-18;;/h4-7,14,17-18,20H,8-13H2,1-3H3;2*1H. The van der Waals surface area contributed by atoms with Gasteiger partial charge in [0.2, 0.25) is 5.91 Å². The molecule has 2 heterocycles. The van der Waals surface area contributed by atoms with Crippen LogP contribution < -0.4 is 5.32 Å². The quantitative estimate of drug-likeness (QED) is 0.865. The first-order valence-corrected chi connectivity index (χ1v) is 8.87. The van der Waals surface area contributed by atoms with Crippen molar-refractivity contribution in [2.45, 2.75) is 57.8 Å². The van der Waals surface area contributed by atoms with Crippen LogP contribution in [0.5, 0.6) is 0 Å². The summed E-state index contributed by atoms with van der Waals surface area (Å²) in [6, 6.07) is 9.35. The highest BCUT2D eigenvalue weighted by Crippen LogP contribution is 2.21. The Morgan fingerprint density at radius 3 is 2.36 bits per heavy atom. The Morgan fingerprint density at radius 1 is 1.16 bits per heavy atom. The summed E-state index contributed by atoms with van der Waals surface area (Å²) in [6.45, 7) is 7.49. The van der Waals surface area contributed by atoms with Crippen LogP contribution in [0.1, 0.15) is 37.8 Å². The van der Waals surface area contributed by atoms with E-state index in [4.69, 9.17) is 0 Å². The molecule has 0 aromatic heterocycles. The number of amides is 1. The SMILES string of the molecule is CC(C)N1CCC(N(C)C(=O)C2Cc3ccccc3CN2)CC1.Cl.Cl. The number of piperidine rings is 1. The third-order valence-corrected chi connectivity index (χ3v) is 5.50. The summed E-state index contributed by atoms with van der Waals surface area (Å²) in [4.78, 5) is 17.4. The first-order valence-electron chi connectivity index (χ1n) is 8.87. The van der Waals surface area contributed by atoms with E-state index in [9.17, 15) is 4.79 Å². The minimum atomic E-state index is -0.0713. The predicted octanol–water partition coefficient (Wildman–Crippen LogP) is 2.88. The molecule has 1 fully saturated rings. The van der Waals surface area contributed by atoms with Crippen LogP contribution >= 0.6 is 24.8 Å². The molecule has 1 amide bonds. The summed E-state index contributed by atoms with van der Waals surface area (Å²) < 4.78 is 0. The second-order valence-electron chi connectivity index (χ2n) is 7.22. The third-order valence-electron chi connectivity index (χ3n) is 5.50. The van der Waals surface area contributed by atoms with E-state index in [0.717, 1.165) is 38.9 Å². The Balaban J connectivity index is 0.00000156. The lowest BCUT2D eigenvalue weighted by Crippen LogP contribution is -2.53.